The van der Waals surface area contributed by atoms with Crippen molar-refractivity contribution >= 4 is 17.7 Å². The highest BCUT2D eigenvalue weighted by molar-refractivity contribution is 5.87. The van der Waals surface area contributed by atoms with Gasteiger partial charge < -0.3 is 10.2 Å². The van der Waals surface area contributed by atoms with E-state index in [1.807, 2.05) is 0 Å². The summed E-state index contributed by atoms with van der Waals surface area (Å²) in [5.74, 6) is -2.44. The second-order valence-electron chi connectivity index (χ2n) is 3.80. The van der Waals surface area contributed by atoms with Gasteiger partial charge in [-0.05, 0) is 13.8 Å². The standard InChI is InChI=1S/C9H14O5/c1-9(2,8(13)14)5-6(10)3-4-7(11)12/h3-5H2,1-2H3,(H,11,12)(H,13,14). The first-order valence-corrected chi connectivity index (χ1v) is 4.22. The smallest absolute Gasteiger partial charge is 0.309 e. The van der Waals surface area contributed by atoms with Gasteiger partial charge in [-0.25, -0.2) is 0 Å². The second-order valence-corrected chi connectivity index (χ2v) is 3.80. The topological polar surface area (TPSA) is 91.7 Å². The Morgan fingerprint density at radius 1 is 1.07 bits per heavy atom. The molecule has 0 atom stereocenters. The Balaban J connectivity index is 4.06. The minimum atomic E-state index is -1.12. The molecule has 0 aromatic heterocycles. The van der Waals surface area contributed by atoms with Gasteiger partial charge in [-0.15, -0.1) is 0 Å². The van der Waals surface area contributed by atoms with Gasteiger partial charge in [0.1, 0.15) is 5.78 Å². The largest absolute Gasteiger partial charge is 0.481 e. The average Bonchev–Trinajstić information content (AvgIpc) is 1.99. The van der Waals surface area contributed by atoms with Crippen molar-refractivity contribution in [2.24, 2.45) is 5.41 Å². The maximum atomic E-state index is 11.1. The number of carboxylic acids is 2. The summed E-state index contributed by atoms with van der Waals surface area (Å²) in [6.45, 7) is 2.88. The second kappa shape index (κ2) is 4.74. The predicted molar refractivity (Wildman–Crippen MR) is 47.9 cm³/mol. The number of rotatable bonds is 6. The Labute approximate surface area is 81.7 Å². The van der Waals surface area contributed by atoms with Crippen molar-refractivity contribution in [3.8, 4) is 0 Å². The van der Waals surface area contributed by atoms with Gasteiger partial charge >= 0.3 is 11.9 Å². The van der Waals surface area contributed by atoms with E-state index in [4.69, 9.17) is 10.2 Å². The Morgan fingerprint density at radius 3 is 1.93 bits per heavy atom. The first kappa shape index (κ1) is 12.6. The molecule has 0 radical (unpaired) electrons. The van der Waals surface area contributed by atoms with E-state index in [0.29, 0.717) is 0 Å². The first-order chi connectivity index (χ1) is 6.25. The Hall–Kier alpha value is -1.39. The lowest BCUT2D eigenvalue weighted by Gasteiger charge is -2.17. The van der Waals surface area contributed by atoms with Crippen LogP contribution in [0.2, 0.25) is 0 Å². The molecule has 0 aliphatic rings. The highest BCUT2D eigenvalue weighted by Crippen LogP contribution is 2.21. The Bertz CT molecular complexity index is 254. The van der Waals surface area contributed by atoms with Gasteiger partial charge in [-0.3, -0.25) is 14.4 Å². The molecule has 0 aliphatic carbocycles. The molecule has 0 heterocycles. The predicted octanol–water partition coefficient (Wildman–Crippen LogP) is 0.921. The number of carboxylic acid groups (broad SMARTS) is 2. The summed E-state index contributed by atoms with van der Waals surface area (Å²) in [7, 11) is 0. The number of aliphatic carboxylic acids is 2. The molecular formula is C9H14O5. The van der Waals surface area contributed by atoms with Crippen LogP contribution in [0.4, 0.5) is 0 Å². The van der Waals surface area contributed by atoms with E-state index in [1.54, 1.807) is 0 Å². The third kappa shape index (κ3) is 4.59. The normalized spacial score (nSPS) is 11.0. The zero-order chi connectivity index (χ0) is 11.4. The zero-order valence-corrected chi connectivity index (χ0v) is 8.24. The molecule has 0 spiro atoms. The van der Waals surface area contributed by atoms with Crippen LogP contribution < -0.4 is 0 Å². The van der Waals surface area contributed by atoms with E-state index in [0.717, 1.165) is 0 Å². The lowest BCUT2D eigenvalue weighted by Crippen LogP contribution is -2.27. The zero-order valence-electron chi connectivity index (χ0n) is 8.24. The van der Waals surface area contributed by atoms with Crippen molar-refractivity contribution in [1.82, 2.24) is 0 Å². The molecule has 2 N–H and O–H groups in total. The molecule has 80 valence electrons. The highest BCUT2D eigenvalue weighted by Gasteiger charge is 2.29. The van der Waals surface area contributed by atoms with Crippen molar-refractivity contribution in [2.45, 2.75) is 33.1 Å². The summed E-state index contributed by atoms with van der Waals surface area (Å²) in [5.41, 5.74) is -1.12. The summed E-state index contributed by atoms with van der Waals surface area (Å²) in [4.78, 5) is 31.9. The van der Waals surface area contributed by atoms with E-state index in [-0.39, 0.29) is 25.0 Å². The lowest BCUT2D eigenvalue weighted by molar-refractivity contribution is -0.149. The van der Waals surface area contributed by atoms with Crippen molar-refractivity contribution < 1.29 is 24.6 Å². The Morgan fingerprint density at radius 2 is 1.57 bits per heavy atom. The molecule has 14 heavy (non-hydrogen) atoms. The SMILES string of the molecule is CC(C)(CC(=O)CCC(=O)O)C(=O)O. The van der Waals surface area contributed by atoms with Crippen LogP contribution in [0.15, 0.2) is 0 Å². The maximum Gasteiger partial charge on any atom is 0.309 e. The van der Waals surface area contributed by atoms with E-state index in [9.17, 15) is 14.4 Å². The van der Waals surface area contributed by atoms with Crippen LogP contribution in [0.25, 0.3) is 0 Å². The quantitative estimate of drug-likeness (QED) is 0.668. The number of carbonyl (C=O) groups is 3. The molecule has 0 amide bonds. The molecule has 5 heteroatoms. The summed E-state index contributed by atoms with van der Waals surface area (Å²) < 4.78 is 0. The molecular weight excluding hydrogens is 188 g/mol. The highest BCUT2D eigenvalue weighted by atomic mass is 16.4. The summed E-state index contributed by atoms with van der Waals surface area (Å²) >= 11 is 0. The number of hydrogen-bond donors (Lipinski definition) is 2. The van der Waals surface area contributed by atoms with E-state index >= 15 is 0 Å². The van der Waals surface area contributed by atoms with Crippen LogP contribution >= 0.6 is 0 Å². The average molecular weight is 202 g/mol. The van der Waals surface area contributed by atoms with Crippen LogP contribution in [0.5, 0.6) is 0 Å². The fourth-order valence-electron chi connectivity index (χ4n) is 0.903. The van der Waals surface area contributed by atoms with Crippen molar-refractivity contribution in [1.29, 1.82) is 0 Å². The van der Waals surface area contributed by atoms with Gasteiger partial charge in [-0.1, -0.05) is 0 Å². The molecule has 0 rings (SSSR count). The number of ketones is 1. The van der Waals surface area contributed by atoms with Crippen molar-refractivity contribution in [3.05, 3.63) is 0 Å². The van der Waals surface area contributed by atoms with Crippen molar-refractivity contribution in [2.75, 3.05) is 0 Å². The molecule has 0 fully saturated rings. The fourth-order valence-corrected chi connectivity index (χ4v) is 0.903. The molecule has 0 saturated heterocycles. The summed E-state index contributed by atoms with van der Waals surface area (Å²) in [5, 5.41) is 17.0. The monoisotopic (exact) mass is 202 g/mol. The van der Waals surface area contributed by atoms with Crippen LogP contribution in [0.3, 0.4) is 0 Å². The molecule has 0 aliphatic heterocycles. The van der Waals surface area contributed by atoms with Gasteiger partial charge in [0.25, 0.3) is 0 Å². The molecule has 0 aromatic rings. The van der Waals surface area contributed by atoms with Crippen LogP contribution in [0, 0.1) is 5.41 Å². The van der Waals surface area contributed by atoms with Gasteiger partial charge in [0, 0.05) is 12.8 Å². The summed E-state index contributed by atoms with van der Waals surface area (Å²) in [6, 6.07) is 0. The van der Waals surface area contributed by atoms with Gasteiger partial charge in [0.05, 0.1) is 11.8 Å². The van der Waals surface area contributed by atoms with E-state index in [2.05, 4.69) is 0 Å². The molecule has 0 bridgehead atoms. The molecule has 0 saturated carbocycles. The summed E-state index contributed by atoms with van der Waals surface area (Å²) in [6.07, 6.45) is -0.476. The van der Waals surface area contributed by atoms with Crippen LogP contribution in [0.1, 0.15) is 33.1 Å². The minimum absolute atomic E-state index is 0.105. The van der Waals surface area contributed by atoms with Crippen LogP contribution in [-0.2, 0) is 14.4 Å². The minimum Gasteiger partial charge on any atom is -0.481 e. The van der Waals surface area contributed by atoms with Gasteiger partial charge in [0.2, 0.25) is 0 Å². The number of carbonyl (C=O) groups excluding carboxylic acids is 1. The number of hydrogen-bond acceptors (Lipinski definition) is 3. The molecule has 0 unspecified atom stereocenters. The van der Waals surface area contributed by atoms with Crippen molar-refractivity contribution in [3.63, 3.8) is 0 Å². The molecule has 0 aromatic carbocycles. The Kier molecular flexibility index (Phi) is 4.27. The van der Waals surface area contributed by atoms with E-state index < -0.39 is 17.4 Å². The number of Topliss-reactive ketones (excluding diaryl/α,β-unsaturated/α-hetero) is 1. The van der Waals surface area contributed by atoms with E-state index in [1.165, 1.54) is 13.8 Å². The fraction of sp³-hybridized carbons (Fsp3) is 0.667. The molecule has 5 nitrogen and oxygen atoms in total. The lowest BCUT2D eigenvalue weighted by atomic mass is 9.86. The van der Waals surface area contributed by atoms with Gasteiger partial charge in [0.15, 0.2) is 0 Å². The van der Waals surface area contributed by atoms with Gasteiger partial charge in [-0.2, -0.15) is 0 Å². The third-order valence-corrected chi connectivity index (χ3v) is 1.84. The first-order valence-electron chi connectivity index (χ1n) is 4.22. The third-order valence-electron chi connectivity index (χ3n) is 1.84. The maximum absolute atomic E-state index is 11.1. The van der Waals surface area contributed by atoms with Crippen LogP contribution in [-0.4, -0.2) is 27.9 Å².